The van der Waals surface area contributed by atoms with Crippen LogP contribution in [0.15, 0.2) is 18.2 Å². The topological polar surface area (TPSA) is 173 Å². The largest absolute Gasteiger partial charge is 0.631 e. The van der Waals surface area contributed by atoms with E-state index < -0.39 is 36.4 Å². The second-order valence-corrected chi connectivity index (χ2v) is 3.02. The molecular formula is C9H9BO9. The van der Waals surface area contributed by atoms with Crippen molar-refractivity contribution >= 4 is 25.2 Å². The third-order valence-corrected chi connectivity index (χ3v) is 1.73. The van der Waals surface area contributed by atoms with Gasteiger partial charge in [0.2, 0.25) is 0 Å². The molecule has 6 N–H and O–H groups in total. The molecule has 0 aliphatic heterocycles. The summed E-state index contributed by atoms with van der Waals surface area (Å²) in [7, 11) is -2.17. The van der Waals surface area contributed by atoms with E-state index in [0.717, 1.165) is 18.2 Å². The standard InChI is InChI=1S/C9H6O6.BH3O3/c10-7(11)4-1-2-5(8(12)13)6(3-4)9(14)15;2-1(3)4/h1-3H,(H,10,11)(H,12,13)(H,14,15);2-4H. The Hall–Kier alpha value is -2.43. The van der Waals surface area contributed by atoms with Crippen LogP contribution in [0.5, 0.6) is 0 Å². The van der Waals surface area contributed by atoms with E-state index in [-0.39, 0.29) is 5.56 Å². The maximum atomic E-state index is 10.6. The van der Waals surface area contributed by atoms with Crippen molar-refractivity contribution in [3.8, 4) is 0 Å². The normalized spacial score (nSPS) is 9.00. The Labute approximate surface area is 106 Å². The molecule has 1 aromatic carbocycles. The van der Waals surface area contributed by atoms with E-state index in [1.807, 2.05) is 0 Å². The number of hydrogen-bond donors (Lipinski definition) is 6. The van der Waals surface area contributed by atoms with Crippen molar-refractivity contribution < 1.29 is 44.8 Å². The van der Waals surface area contributed by atoms with E-state index in [9.17, 15) is 14.4 Å². The van der Waals surface area contributed by atoms with Gasteiger partial charge in [0.05, 0.1) is 16.7 Å². The summed E-state index contributed by atoms with van der Waals surface area (Å²) in [5.41, 5.74) is -1.24. The van der Waals surface area contributed by atoms with Gasteiger partial charge in [-0.1, -0.05) is 0 Å². The van der Waals surface area contributed by atoms with Crippen LogP contribution in [0.25, 0.3) is 0 Å². The van der Waals surface area contributed by atoms with Gasteiger partial charge in [-0.3, -0.25) is 0 Å². The molecule has 0 bridgehead atoms. The Kier molecular flexibility index (Phi) is 6.20. The molecule has 0 saturated carbocycles. The van der Waals surface area contributed by atoms with Gasteiger partial charge in [-0.2, -0.15) is 0 Å². The lowest BCUT2D eigenvalue weighted by Crippen LogP contribution is -2.10. The second kappa shape index (κ2) is 7.11. The van der Waals surface area contributed by atoms with Crippen molar-refractivity contribution in [1.29, 1.82) is 0 Å². The summed E-state index contributed by atoms with van der Waals surface area (Å²) >= 11 is 0. The van der Waals surface area contributed by atoms with Gasteiger partial charge in [0.25, 0.3) is 0 Å². The Bertz CT molecular complexity index is 494. The van der Waals surface area contributed by atoms with Crippen LogP contribution in [0.3, 0.4) is 0 Å². The Morgan fingerprint density at radius 2 is 1.21 bits per heavy atom. The van der Waals surface area contributed by atoms with Crippen LogP contribution in [-0.4, -0.2) is 55.6 Å². The van der Waals surface area contributed by atoms with Crippen molar-refractivity contribution in [3.63, 3.8) is 0 Å². The summed E-state index contributed by atoms with van der Waals surface area (Å²) in [6.45, 7) is 0. The lowest BCUT2D eigenvalue weighted by Gasteiger charge is -2.02. The predicted molar refractivity (Wildman–Crippen MR) is 59.7 cm³/mol. The second-order valence-electron chi connectivity index (χ2n) is 3.02. The number of hydrogen-bond acceptors (Lipinski definition) is 6. The van der Waals surface area contributed by atoms with E-state index >= 15 is 0 Å². The maximum Gasteiger partial charge on any atom is 0.631 e. The van der Waals surface area contributed by atoms with E-state index in [1.165, 1.54) is 0 Å². The van der Waals surface area contributed by atoms with Gasteiger partial charge in [0, 0.05) is 0 Å². The van der Waals surface area contributed by atoms with Crippen molar-refractivity contribution in [2.24, 2.45) is 0 Å². The minimum absolute atomic E-state index is 0.266. The molecular weight excluding hydrogens is 263 g/mol. The van der Waals surface area contributed by atoms with Crippen LogP contribution in [0.2, 0.25) is 0 Å². The average Bonchev–Trinajstić information content (AvgIpc) is 2.27. The molecule has 0 fully saturated rings. The molecule has 0 unspecified atom stereocenters. The molecule has 0 saturated heterocycles. The number of rotatable bonds is 3. The molecule has 1 rings (SSSR count). The number of carbonyl (C=O) groups is 3. The molecule has 0 aliphatic rings. The highest BCUT2D eigenvalue weighted by molar-refractivity contribution is 6.30. The minimum atomic E-state index is -2.17. The first-order valence-electron chi connectivity index (χ1n) is 4.55. The third-order valence-electron chi connectivity index (χ3n) is 1.73. The van der Waals surface area contributed by atoms with Gasteiger partial charge >= 0.3 is 25.2 Å². The quantitative estimate of drug-likeness (QED) is 0.366. The number of carboxylic acids is 3. The number of carboxylic acid groups (broad SMARTS) is 3. The fourth-order valence-corrected chi connectivity index (χ4v) is 1.04. The molecule has 0 aliphatic carbocycles. The first kappa shape index (κ1) is 16.6. The van der Waals surface area contributed by atoms with Crippen molar-refractivity contribution in [3.05, 3.63) is 34.9 Å². The third kappa shape index (κ3) is 5.63. The smallest absolute Gasteiger partial charge is 0.478 e. The number of aromatic carboxylic acids is 3. The summed E-state index contributed by atoms with van der Waals surface area (Å²) < 4.78 is 0. The molecule has 0 atom stereocenters. The van der Waals surface area contributed by atoms with Gasteiger partial charge in [0.1, 0.15) is 0 Å². The zero-order chi connectivity index (χ0) is 15.2. The zero-order valence-corrected chi connectivity index (χ0v) is 9.22. The lowest BCUT2D eigenvalue weighted by molar-refractivity contribution is 0.0649. The molecule has 10 heteroatoms. The van der Waals surface area contributed by atoms with Crippen LogP contribution >= 0.6 is 0 Å². The summed E-state index contributed by atoms with van der Waals surface area (Å²) in [5, 5.41) is 47.4. The van der Waals surface area contributed by atoms with E-state index in [0.29, 0.717) is 0 Å². The highest BCUT2D eigenvalue weighted by Crippen LogP contribution is 2.12. The fraction of sp³-hybridized carbons (Fsp3) is 0. The van der Waals surface area contributed by atoms with Crippen LogP contribution in [0.1, 0.15) is 31.1 Å². The predicted octanol–water partition coefficient (Wildman–Crippen LogP) is -1.27. The number of benzene rings is 1. The van der Waals surface area contributed by atoms with E-state index in [1.54, 1.807) is 0 Å². The van der Waals surface area contributed by atoms with Gasteiger partial charge < -0.3 is 30.4 Å². The summed E-state index contributed by atoms with van der Waals surface area (Å²) in [4.78, 5) is 31.8. The van der Waals surface area contributed by atoms with E-state index in [2.05, 4.69) is 0 Å². The highest BCUT2D eigenvalue weighted by Gasteiger charge is 2.17. The fourth-order valence-electron chi connectivity index (χ4n) is 1.04. The first-order chi connectivity index (χ1) is 8.66. The van der Waals surface area contributed by atoms with E-state index in [4.69, 9.17) is 30.4 Å². The highest BCUT2D eigenvalue weighted by atomic mass is 16.5. The molecule has 102 valence electrons. The molecule has 0 amide bonds. The SMILES string of the molecule is O=C(O)c1ccc(C(=O)O)c(C(=O)O)c1.OB(O)O. The summed E-state index contributed by atoms with van der Waals surface area (Å²) in [5.74, 6) is -4.20. The molecule has 9 nitrogen and oxygen atoms in total. The van der Waals surface area contributed by atoms with Crippen LogP contribution in [-0.2, 0) is 0 Å². The van der Waals surface area contributed by atoms with Crippen LogP contribution in [0.4, 0.5) is 0 Å². The van der Waals surface area contributed by atoms with Gasteiger partial charge in [0.15, 0.2) is 0 Å². The minimum Gasteiger partial charge on any atom is -0.478 e. The van der Waals surface area contributed by atoms with Crippen LogP contribution in [0, 0.1) is 0 Å². The molecule has 0 aromatic heterocycles. The summed E-state index contributed by atoms with van der Waals surface area (Å²) in [6.07, 6.45) is 0. The monoisotopic (exact) mass is 272 g/mol. The molecule has 0 heterocycles. The summed E-state index contributed by atoms with van der Waals surface area (Å²) in [6, 6.07) is 2.81. The van der Waals surface area contributed by atoms with Crippen molar-refractivity contribution in [1.82, 2.24) is 0 Å². The molecule has 0 radical (unpaired) electrons. The van der Waals surface area contributed by atoms with Crippen molar-refractivity contribution in [2.45, 2.75) is 0 Å². The Morgan fingerprint density at radius 3 is 1.53 bits per heavy atom. The van der Waals surface area contributed by atoms with Gasteiger partial charge in [-0.15, -0.1) is 0 Å². The molecule has 1 aromatic rings. The Morgan fingerprint density at radius 1 is 0.789 bits per heavy atom. The van der Waals surface area contributed by atoms with Crippen LogP contribution < -0.4 is 0 Å². The van der Waals surface area contributed by atoms with Gasteiger partial charge in [-0.25, -0.2) is 14.4 Å². The average molecular weight is 272 g/mol. The van der Waals surface area contributed by atoms with Crippen molar-refractivity contribution in [2.75, 3.05) is 0 Å². The van der Waals surface area contributed by atoms with Gasteiger partial charge in [-0.05, 0) is 18.2 Å². The first-order valence-corrected chi connectivity index (χ1v) is 4.55. The zero-order valence-electron chi connectivity index (χ0n) is 9.22. The molecule has 19 heavy (non-hydrogen) atoms. The Balaban J connectivity index is 0.000000711. The molecule has 0 spiro atoms. The lowest BCUT2D eigenvalue weighted by atomic mass is 10.0. The maximum absolute atomic E-state index is 10.6.